The lowest BCUT2D eigenvalue weighted by atomic mass is 10.1. The van der Waals surface area contributed by atoms with E-state index in [1.807, 2.05) is 0 Å². The van der Waals surface area contributed by atoms with E-state index >= 15 is 0 Å². The summed E-state index contributed by atoms with van der Waals surface area (Å²) in [4.78, 5) is 0. The van der Waals surface area contributed by atoms with Crippen LogP contribution in [0.15, 0.2) is 24.3 Å². The summed E-state index contributed by atoms with van der Waals surface area (Å²) in [5.74, 6) is 0.858. The van der Waals surface area contributed by atoms with Gasteiger partial charge in [0, 0.05) is 13.1 Å². The summed E-state index contributed by atoms with van der Waals surface area (Å²) < 4.78 is 35.1. The number of ether oxygens (including phenoxy) is 1. The molecule has 0 aliphatic carbocycles. The molecule has 0 saturated carbocycles. The summed E-state index contributed by atoms with van der Waals surface area (Å²) >= 11 is 0. The Morgan fingerprint density at radius 2 is 1.71 bits per heavy atom. The van der Waals surface area contributed by atoms with Gasteiger partial charge in [0.05, 0.1) is 6.61 Å². The van der Waals surface area contributed by atoms with Gasteiger partial charge in [0.1, 0.15) is 11.5 Å². The van der Waals surface area contributed by atoms with Crippen LogP contribution in [0.5, 0.6) is 11.5 Å². The Morgan fingerprint density at radius 3 is 2.43 bits per heavy atom. The van der Waals surface area contributed by atoms with Gasteiger partial charge >= 0.3 is 10.3 Å². The molecule has 120 valence electrons. The lowest BCUT2D eigenvalue weighted by Gasteiger charge is -2.09. The van der Waals surface area contributed by atoms with Crippen molar-refractivity contribution in [1.29, 1.82) is 0 Å². The van der Waals surface area contributed by atoms with Crippen LogP contribution >= 0.6 is 0 Å². The predicted octanol–water partition coefficient (Wildman–Crippen LogP) is 3.27. The second-order valence-corrected chi connectivity index (χ2v) is 6.32. The zero-order valence-corrected chi connectivity index (χ0v) is 13.6. The molecule has 0 fully saturated rings. The summed E-state index contributed by atoms with van der Waals surface area (Å²) in [6.45, 7) is 2.83. The summed E-state index contributed by atoms with van der Waals surface area (Å²) in [6, 6.07) is 6.64. The smallest absolute Gasteiger partial charge is 0.382 e. The number of benzene rings is 1. The van der Waals surface area contributed by atoms with Gasteiger partial charge in [-0.1, -0.05) is 45.1 Å². The Morgan fingerprint density at radius 1 is 1.05 bits per heavy atom. The van der Waals surface area contributed by atoms with Crippen molar-refractivity contribution in [2.75, 3.05) is 13.7 Å². The van der Waals surface area contributed by atoms with E-state index in [-0.39, 0.29) is 5.75 Å². The summed E-state index contributed by atoms with van der Waals surface area (Å²) in [5.41, 5.74) is 0. The maximum Gasteiger partial charge on any atom is 0.382 e. The zero-order chi connectivity index (χ0) is 15.6. The highest BCUT2D eigenvalue weighted by atomic mass is 32.2. The van der Waals surface area contributed by atoms with Crippen LogP contribution in [-0.2, 0) is 10.3 Å². The van der Waals surface area contributed by atoms with E-state index in [0.29, 0.717) is 12.4 Å². The van der Waals surface area contributed by atoms with Gasteiger partial charge in [-0.25, -0.2) is 0 Å². The topological polar surface area (TPSA) is 64.6 Å². The maximum absolute atomic E-state index is 11.3. The van der Waals surface area contributed by atoms with Gasteiger partial charge in [-0.2, -0.15) is 13.1 Å². The second kappa shape index (κ2) is 9.63. The molecule has 1 rings (SSSR count). The number of hydrogen-bond donors (Lipinski definition) is 1. The van der Waals surface area contributed by atoms with E-state index in [9.17, 15) is 8.42 Å². The van der Waals surface area contributed by atoms with Crippen molar-refractivity contribution in [3.63, 3.8) is 0 Å². The number of rotatable bonds is 11. The van der Waals surface area contributed by atoms with Gasteiger partial charge in [-0.05, 0) is 18.6 Å². The van der Waals surface area contributed by atoms with Gasteiger partial charge in [-0.3, -0.25) is 0 Å². The highest BCUT2D eigenvalue weighted by molar-refractivity contribution is 7.85. The van der Waals surface area contributed by atoms with Crippen molar-refractivity contribution in [3.8, 4) is 11.5 Å². The average Bonchev–Trinajstić information content (AvgIpc) is 2.46. The third-order valence-electron chi connectivity index (χ3n) is 3.03. The third kappa shape index (κ3) is 7.92. The maximum atomic E-state index is 11.3. The lowest BCUT2D eigenvalue weighted by Crippen LogP contribution is -2.24. The van der Waals surface area contributed by atoms with Crippen molar-refractivity contribution in [2.45, 2.75) is 45.4 Å². The second-order valence-electron chi connectivity index (χ2n) is 4.83. The Bertz CT molecular complexity index is 502. The minimum absolute atomic E-state index is 0.241. The minimum Gasteiger partial charge on any atom is -0.493 e. The number of nitrogens with one attached hydrogen (secondary N) is 1. The predicted molar refractivity (Wildman–Crippen MR) is 83.9 cm³/mol. The third-order valence-corrected chi connectivity index (χ3v) is 3.94. The summed E-state index contributed by atoms with van der Waals surface area (Å²) in [5, 5.41) is 0. The van der Waals surface area contributed by atoms with Gasteiger partial charge in [-0.15, -0.1) is 0 Å². The number of hydrogen-bond acceptors (Lipinski definition) is 4. The molecule has 1 aromatic rings. The molecule has 0 saturated heterocycles. The molecule has 0 bridgehead atoms. The molecule has 6 heteroatoms. The van der Waals surface area contributed by atoms with E-state index in [1.165, 1.54) is 32.7 Å². The van der Waals surface area contributed by atoms with Crippen molar-refractivity contribution in [1.82, 2.24) is 4.72 Å². The van der Waals surface area contributed by atoms with Crippen LogP contribution in [0, 0.1) is 0 Å². The van der Waals surface area contributed by atoms with Crippen LogP contribution in [0.25, 0.3) is 0 Å². The van der Waals surface area contributed by atoms with E-state index in [1.54, 1.807) is 24.3 Å². The molecule has 0 aromatic heterocycles. The van der Waals surface area contributed by atoms with Crippen molar-refractivity contribution < 1.29 is 17.3 Å². The van der Waals surface area contributed by atoms with Crippen LogP contribution in [-0.4, -0.2) is 22.1 Å². The molecule has 0 amide bonds. The summed E-state index contributed by atoms with van der Waals surface area (Å²) in [7, 11) is -2.43. The molecule has 1 N–H and O–H groups in total. The Hall–Kier alpha value is -1.27. The lowest BCUT2D eigenvalue weighted by molar-refractivity contribution is 0.303. The monoisotopic (exact) mass is 315 g/mol. The standard InChI is InChI=1S/C15H25NO4S/c1-3-4-5-6-7-8-12-19-14-10-9-11-15(13-14)20-21(17,18)16-2/h9-11,13,16H,3-8,12H2,1-2H3. The highest BCUT2D eigenvalue weighted by Gasteiger charge is 2.09. The highest BCUT2D eigenvalue weighted by Crippen LogP contribution is 2.20. The molecular weight excluding hydrogens is 290 g/mol. The molecule has 0 unspecified atom stereocenters. The van der Waals surface area contributed by atoms with E-state index < -0.39 is 10.3 Å². The normalized spacial score (nSPS) is 11.3. The van der Waals surface area contributed by atoms with Crippen LogP contribution < -0.4 is 13.6 Å². The molecule has 0 aliphatic heterocycles. The van der Waals surface area contributed by atoms with E-state index in [2.05, 4.69) is 11.6 Å². The molecule has 0 atom stereocenters. The van der Waals surface area contributed by atoms with Gasteiger partial charge in [0.25, 0.3) is 0 Å². The van der Waals surface area contributed by atoms with Crippen LogP contribution in [0.2, 0.25) is 0 Å². The molecule has 0 aliphatic rings. The molecule has 1 aromatic carbocycles. The Labute approximate surface area is 127 Å². The van der Waals surface area contributed by atoms with Gasteiger partial charge in [0.2, 0.25) is 0 Å². The quantitative estimate of drug-likeness (QED) is 0.637. The van der Waals surface area contributed by atoms with Gasteiger partial charge < -0.3 is 8.92 Å². The molecule has 5 nitrogen and oxygen atoms in total. The first-order chi connectivity index (χ1) is 10.1. The van der Waals surface area contributed by atoms with Crippen molar-refractivity contribution >= 4 is 10.3 Å². The van der Waals surface area contributed by atoms with Crippen LogP contribution in [0.4, 0.5) is 0 Å². The van der Waals surface area contributed by atoms with E-state index in [0.717, 1.165) is 12.8 Å². The van der Waals surface area contributed by atoms with Crippen LogP contribution in [0.3, 0.4) is 0 Å². The number of unbranched alkanes of at least 4 members (excludes halogenated alkanes) is 5. The van der Waals surface area contributed by atoms with Gasteiger partial charge in [0.15, 0.2) is 0 Å². The fourth-order valence-electron chi connectivity index (χ4n) is 1.86. The summed E-state index contributed by atoms with van der Waals surface area (Å²) in [6.07, 6.45) is 7.22. The Balaban J connectivity index is 2.33. The SMILES string of the molecule is CCCCCCCCOc1cccc(OS(=O)(=O)NC)c1. The molecule has 21 heavy (non-hydrogen) atoms. The average molecular weight is 315 g/mol. The molecule has 0 radical (unpaired) electrons. The fraction of sp³-hybridized carbons (Fsp3) is 0.600. The first-order valence-corrected chi connectivity index (χ1v) is 8.84. The van der Waals surface area contributed by atoms with Crippen molar-refractivity contribution in [3.05, 3.63) is 24.3 Å². The fourth-order valence-corrected chi connectivity index (χ4v) is 2.30. The molecular formula is C15H25NO4S. The zero-order valence-electron chi connectivity index (χ0n) is 12.8. The van der Waals surface area contributed by atoms with Crippen molar-refractivity contribution in [2.24, 2.45) is 0 Å². The first-order valence-electron chi connectivity index (χ1n) is 7.43. The largest absolute Gasteiger partial charge is 0.493 e. The molecule has 0 heterocycles. The van der Waals surface area contributed by atoms with E-state index in [4.69, 9.17) is 8.92 Å². The molecule has 0 spiro atoms. The van der Waals surface area contributed by atoms with Crippen LogP contribution in [0.1, 0.15) is 45.4 Å². The Kier molecular flexibility index (Phi) is 8.15. The first kappa shape index (κ1) is 17.8. The minimum atomic E-state index is -3.73.